The molecule has 0 aromatic carbocycles. The van der Waals surface area contributed by atoms with E-state index in [4.69, 9.17) is 0 Å². The zero-order valence-corrected chi connectivity index (χ0v) is 10.6. The topological polar surface area (TPSA) is 15.3 Å². The smallest absolute Gasteiger partial charge is 0.00683 e. The molecule has 2 nitrogen and oxygen atoms in total. The molecule has 0 bridgehead atoms. The Hall–Kier alpha value is -0.0800. The average Bonchev–Trinajstić information content (AvgIpc) is 2.86. The Morgan fingerprint density at radius 2 is 1.81 bits per heavy atom. The lowest BCUT2D eigenvalue weighted by Crippen LogP contribution is -2.33. The molecule has 1 heterocycles. The highest BCUT2D eigenvalue weighted by Crippen LogP contribution is 2.37. The van der Waals surface area contributed by atoms with Gasteiger partial charge in [0, 0.05) is 25.7 Å². The van der Waals surface area contributed by atoms with E-state index >= 15 is 0 Å². The molecular formula is C14H26N2. The van der Waals surface area contributed by atoms with Crippen molar-refractivity contribution in [2.75, 3.05) is 26.2 Å². The lowest BCUT2D eigenvalue weighted by Gasteiger charge is -2.21. The van der Waals surface area contributed by atoms with Gasteiger partial charge in [0.1, 0.15) is 0 Å². The third-order valence-corrected chi connectivity index (χ3v) is 4.70. The summed E-state index contributed by atoms with van der Waals surface area (Å²) >= 11 is 0. The second-order valence-electron chi connectivity index (χ2n) is 6.46. The zero-order valence-electron chi connectivity index (χ0n) is 10.6. The Labute approximate surface area is 99.8 Å². The van der Waals surface area contributed by atoms with Crippen molar-refractivity contribution in [2.45, 2.75) is 45.1 Å². The zero-order chi connectivity index (χ0) is 11.0. The van der Waals surface area contributed by atoms with Crippen molar-refractivity contribution in [3.63, 3.8) is 0 Å². The summed E-state index contributed by atoms with van der Waals surface area (Å²) in [5.74, 6) is 2.95. The van der Waals surface area contributed by atoms with Gasteiger partial charge < -0.3 is 10.2 Å². The van der Waals surface area contributed by atoms with Gasteiger partial charge in [0.25, 0.3) is 0 Å². The molecule has 16 heavy (non-hydrogen) atoms. The minimum absolute atomic E-state index is 0.833. The Morgan fingerprint density at radius 3 is 2.44 bits per heavy atom. The van der Waals surface area contributed by atoms with E-state index in [1.807, 2.05) is 0 Å². The van der Waals surface area contributed by atoms with Gasteiger partial charge in [-0.2, -0.15) is 0 Å². The molecule has 3 fully saturated rings. The van der Waals surface area contributed by atoms with Gasteiger partial charge >= 0.3 is 0 Å². The van der Waals surface area contributed by atoms with Crippen LogP contribution < -0.4 is 5.32 Å². The Kier molecular flexibility index (Phi) is 3.21. The molecule has 0 spiro atoms. The van der Waals surface area contributed by atoms with Crippen LogP contribution in [0.25, 0.3) is 0 Å². The maximum atomic E-state index is 3.65. The van der Waals surface area contributed by atoms with Crippen LogP contribution in [-0.2, 0) is 0 Å². The summed E-state index contributed by atoms with van der Waals surface area (Å²) in [6, 6.07) is 0.875. The van der Waals surface area contributed by atoms with Crippen LogP contribution in [0.1, 0.15) is 39.0 Å². The van der Waals surface area contributed by atoms with E-state index in [9.17, 15) is 0 Å². The predicted molar refractivity (Wildman–Crippen MR) is 67.5 cm³/mol. The summed E-state index contributed by atoms with van der Waals surface area (Å²) < 4.78 is 0. The van der Waals surface area contributed by atoms with Gasteiger partial charge in [-0.3, -0.25) is 0 Å². The minimum atomic E-state index is 0.833. The van der Waals surface area contributed by atoms with Crippen LogP contribution in [0, 0.1) is 17.8 Å². The van der Waals surface area contributed by atoms with Gasteiger partial charge in [0.15, 0.2) is 0 Å². The van der Waals surface area contributed by atoms with Crippen LogP contribution >= 0.6 is 0 Å². The maximum absolute atomic E-state index is 3.65. The van der Waals surface area contributed by atoms with Gasteiger partial charge in [-0.15, -0.1) is 0 Å². The van der Waals surface area contributed by atoms with E-state index in [0.717, 1.165) is 23.8 Å². The lowest BCUT2D eigenvalue weighted by molar-refractivity contribution is 0.263. The average molecular weight is 222 g/mol. The number of hydrogen-bond acceptors (Lipinski definition) is 2. The molecule has 1 aliphatic heterocycles. The molecule has 0 aromatic heterocycles. The van der Waals surface area contributed by atoms with Gasteiger partial charge in [0.2, 0.25) is 0 Å². The van der Waals surface area contributed by atoms with Gasteiger partial charge in [0.05, 0.1) is 0 Å². The largest absolute Gasteiger partial charge is 0.314 e. The van der Waals surface area contributed by atoms with Crippen molar-refractivity contribution >= 4 is 0 Å². The molecule has 3 atom stereocenters. The fourth-order valence-corrected chi connectivity index (χ4v) is 3.64. The van der Waals surface area contributed by atoms with E-state index in [2.05, 4.69) is 17.1 Å². The Morgan fingerprint density at radius 1 is 1.12 bits per heavy atom. The second-order valence-corrected chi connectivity index (χ2v) is 6.46. The SMILES string of the molecule is CC(CNC1CC1)CN1CC2CCCC2C1. The monoisotopic (exact) mass is 222 g/mol. The molecule has 2 aliphatic carbocycles. The molecule has 1 saturated heterocycles. The highest BCUT2D eigenvalue weighted by molar-refractivity contribution is 4.89. The maximum Gasteiger partial charge on any atom is 0.00683 e. The van der Waals surface area contributed by atoms with E-state index in [1.165, 1.54) is 58.3 Å². The summed E-state index contributed by atoms with van der Waals surface area (Å²) in [4.78, 5) is 2.73. The Bertz CT molecular complexity index is 225. The molecule has 2 saturated carbocycles. The Balaban J connectivity index is 1.37. The molecule has 3 rings (SSSR count). The van der Waals surface area contributed by atoms with Crippen LogP contribution in [-0.4, -0.2) is 37.1 Å². The van der Waals surface area contributed by atoms with Crippen molar-refractivity contribution in [1.82, 2.24) is 10.2 Å². The summed E-state index contributed by atoms with van der Waals surface area (Å²) in [5, 5.41) is 3.65. The highest BCUT2D eigenvalue weighted by atomic mass is 15.2. The van der Waals surface area contributed by atoms with Crippen molar-refractivity contribution in [2.24, 2.45) is 17.8 Å². The fraction of sp³-hybridized carbons (Fsp3) is 1.00. The van der Waals surface area contributed by atoms with Crippen molar-refractivity contribution in [3.05, 3.63) is 0 Å². The van der Waals surface area contributed by atoms with Crippen LogP contribution in [0.3, 0.4) is 0 Å². The second kappa shape index (κ2) is 4.66. The normalized spacial score (nSPS) is 36.6. The summed E-state index contributed by atoms with van der Waals surface area (Å²) in [5.41, 5.74) is 0. The van der Waals surface area contributed by atoms with E-state index in [1.54, 1.807) is 0 Å². The third kappa shape index (κ3) is 2.60. The first-order chi connectivity index (χ1) is 7.81. The summed E-state index contributed by atoms with van der Waals surface area (Å²) in [6.07, 6.45) is 7.36. The molecular weight excluding hydrogens is 196 g/mol. The molecule has 3 aliphatic rings. The standard InChI is InChI=1S/C14H26N2/c1-11(7-15-14-5-6-14)8-16-9-12-3-2-4-13(12)10-16/h11-15H,2-10H2,1H3. The third-order valence-electron chi connectivity index (χ3n) is 4.70. The van der Waals surface area contributed by atoms with Crippen molar-refractivity contribution < 1.29 is 0 Å². The number of rotatable bonds is 5. The number of fused-ring (bicyclic) bond motifs is 1. The van der Waals surface area contributed by atoms with Gasteiger partial charge in [-0.25, -0.2) is 0 Å². The number of nitrogens with one attached hydrogen (secondary N) is 1. The first kappa shape index (κ1) is 11.0. The van der Waals surface area contributed by atoms with E-state index < -0.39 is 0 Å². The number of likely N-dealkylation sites (tertiary alicyclic amines) is 1. The van der Waals surface area contributed by atoms with E-state index in [-0.39, 0.29) is 0 Å². The van der Waals surface area contributed by atoms with Crippen LogP contribution in [0.5, 0.6) is 0 Å². The predicted octanol–water partition coefficient (Wildman–Crippen LogP) is 2.11. The molecule has 92 valence electrons. The van der Waals surface area contributed by atoms with Crippen molar-refractivity contribution in [1.29, 1.82) is 0 Å². The van der Waals surface area contributed by atoms with Gasteiger partial charge in [-0.1, -0.05) is 13.3 Å². The van der Waals surface area contributed by atoms with Crippen LogP contribution in [0.15, 0.2) is 0 Å². The van der Waals surface area contributed by atoms with Crippen LogP contribution in [0.2, 0.25) is 0 Å². The number of nitrogens with zero attached hydrogens (tertiary/aromatic N) is 1. The minimum Gasteiger partial charge on any atom is -0.314 e. The summed E-state index contributed by atoms with van der Waals surface area (Å²) in [6.45, 7) is 7.77. The quantitative estimate of drug-likeness (QED) is 0.766. The molecule has 2 heteroatoms. The molecule has 0 radical (unpaired) electrons. The molecule has 0 amide bonds. The first-order valence-corrected chi connectivity index (χ1v) is 7.27. The van der Waals surface area contributed by atoms with Crippen LogP contribution in [0.4, 0.5) is 0 Å². The van der Waals surface area contributed by atoms with Crippen molar-refractivity contribution in [3.8, 4) is 0 Å². The highest BCUT2D eigenvalue weighted by Gasteiger charge is 2.36. The van der Waals surface area contributed by atoms with E-state index in [0.29, 0.717) is 0 Å². The molecule has 0 aromatic rings. The summed E-state index contributed by atoms with van der Waals surface area (Å²) in [7, 11) is 0. The number of hydrogen-bond donors (Lipinski definition) is 1. The molecule has 3 unspecified atom stereocenters. The first-order valence-electron chi connectivity index (χ1n) is 7.27. The fourth-order valence-electron chi connectivity index (χ4n) is 3.64. The lowest BCUT2D eigenvalue weighted by atomic mass is 10.0. The molecule has 1 N–H and O–H groups in total. The van der Waals surface area contributed by atoms with Gasteiger partial charge in [-0.05, 0) is 50.0 Å².